The molecule has 4 nitrogen and oxygen atoms in total. The van der Waals surface area contributed by atoms with Gasteiger partial charge in [0.05, 0.1) is 10.7 Å². The zero-order valence-electron chi connectivity index (χ0n) is 13.1. The van der Waals surface area contributed by atoms with Crippen molar-refractivity contribution < 1.29 is 4.79 Å². The molecular formula is C16H24Cl3N3O. The third kappa shape index (κ3) is 6.48. The lowest BCUT2D eigenvalue weighted by molar-refractivity contribution is -0.116. The summed E-state index contributed by atoms with van der Waals surface area (Å²) >= 11 is 12.0. The van der Waals surface area contributed by atoms with E-state index in [1.54, 1.807) is 18.2 Å². The maximum Gasteiger partial charge on any atom is 0.225 e. The molecule has 1 heterocycles. The monoisotopic (exact) mass is 379 g/mol. The van der Waals surface area contributed by atoms with Gasteiger partial charge in [-0.05, 0) is 50.6 Å². The van der Waals surface area contributed by atoms with Crippen LogP contribution < -0.4 is 11.1 Å². The number of nitrogens with one attached hydrogen (secondary N) is 1. The number of piperidine rings is 1. The molecule has 2 rings (SSSR count). The molecule has 1 saturated heterocycles. The molecule has 0 aromatic heterocycles. The average molecular weight is 381 g/mol. The van der Waals surface area contributed by atoms with Crippen LogP contribution in [-0.2, 0) is 4.79 Å². The molecule has 7 heteroatoms. The van der Waals surface area contributed by atoms with E-state index in [9.17, 15) is 4.79 Å². The van der Waals surface area contributed by atoms with Crippen molar-refractivity contribution in [3.8, 4) is 0 Å². The second kappa shape index (κ2) is 10.4. The largest absolute Gasteiger partial charge is 0.330 e. The Labute approximate surface area is 154 Å². The van der Waals surface area contributed by atoms with Crippen molar-refractivity contribution in [2.75, 3.05) is 25.0 Å². The Bertz CT molecular complexity index is 511. The molecule has 1 aromatic rings. The predicted octanol–water partition coefficient (Wildman–Crippen LogP) is 3.95. The number of halogens is 3. The first-order valence-corrected chi connectivity index (χ1v) is 8.55. The van der Waals surface area contributed by atoms with Gasteiger partial charge in [0.25, 0.3) is 0 Å². The number of nitrogens with two attached hydrogens (primary N) is 1. The van der Waals surface area contributed by atoms with Crippen molar-refractivity contribution in [2.45, 2.75) is 38.1 Å². The molecule has 0 spiro atoms. The van der Waals surface area contributed by atoms with Crippen molar-refractivity contribution in [3.05, 3.63) is 28.2 Å². The molecule has 1 unspecified atom stereocenters. The van der Waals surface area contributed by atoms with Gasteiger partial charge in [0.15, 0.2) is 0 Å². The number of likely N-dealkylation sites (tertiary alicyclic amines) is 1. The Morgan fingerprint density at radius 1 is 1.35 bits per heavy atom. The van der Waals surface area contributed by atoms with E-state index in [0.717, 1.165) is 19.5 Å². The standard InChI is InChI=1S/C16H23Cl2N3O.ClH/c17-12-4-5-14(18)15(11-12)20-16(22)7-10-21-9-2-1-3-13(21)6-8-19;/h4-5,11,13H,1-3,6-10,19H2,(H,20,22);1H. The van der Waals surface area contributed by atoms with Crippen molar-refractivity contribution in [1.29, 1.82) is 0 Å². The van der Waals surface area contributed by atoms with Crippen LogP contribution in [0.1, 0.15) is 32.1 Å². The average Bonchev–Trinajstić information content (AvgIpc) is 2.50. The molecule has 3 N–H and O–H groups in total. The lowest BCUT2D eigenvalue weighted by atomic mass is 9.99. The van der Waals surface area contributed by atoms with Crippen LogP contribution in [0.15, 0.2) is 18.2 Å². The lowest BCUT2D eigenvalue weighted by Gasteiger charge is -2.35. The number of carbonyl (C=O) groups excluding carboxylic acids is 1. The molecule has 1 fully saturated rings. The van der Waals surface area contributed by atoms with Crippen LogP contribution in [0.2, 0.25) is 10.0 Å². The van der Waals surface area contributed by atoms with E-state index in [0.29, 0.717) is 34.7 Å². The topological polar surface area (TPSA) is 58.4 Å². The number of benzene rings is 1. The predicted molar refractivity (Wildman–Crippen MR) is 99.8 cm³/mol. The quantitative estimate of drug-likeness (QED) is 0.785. The number of hydrogen-bond acceptors (Lipinski definition) is 3. The van der Waals surface area contributed by atoms with Crippen LogP contribution in [0.25, 0.3) is 0 Å². The SMILES string of the molecule is Cl.NCCC1CCCCN1CCC(=O)Nc1cc(Cl)ccc1Cl. The van der Waals surface area contributed by atoms with Gasteiger partial charge >= 0.3 is 0 Å². The van der Waals surface area contributed by atoms with Crippen molar-refractivity contribution in [1.82, 2.24) is 4.90 Å². The first-order valence-electron chi connectivity index (χ1n) is 7.79. The van der Waals surface area contributed by atoms with Gasteiger partial charge in [-0.25, -0.2) is 0 Å². The minimum atomic E-state index is -0.0405. The molecule has 1 aliphatic heterocycles. The molecular weight excluding hydrogens is 357 g/mol. The fourth-order valence-corrected chi connectivity index (χ4v) is 3.26. The number of rotatable bonds is 6. The highest BCUT2D eigenvalue weighted by atomic mass is 35.5. The summed E-state index contributed by atoms with van der Waals surface area (Å²) in [6, 6.07) is 5.56. The van der Waals surface area contributed by atoms with E-state index in [4.69, 9.17) is 28.9 Å². The van der Waals surface area contributed by atoms with Crippen LogP contribution in [-0.4, -0.2) is 36.5 Å². The summed E-state index contributed by atoms with van der Waals surface area (Å²) in [5, 5.41) is 3.88. The molecule has 130 valence electrons. The summed E-state index contributed by atoms with van der Waals surface area (Å²) in [5.41, 5.74) is 6.24. The molecule has 23 heavy (non-hydrogen) atoms. The normalized spacial score (nSPS) is 18.3. The Kier molecular flexibility index (Phi) is 9.25. The minimum Gasteiger partial charge on any atom is -0.330 e. The number of amides is 1. The maximum atomic E-state index is 12.1. The molecule has 1 aromatic carbocycles. The number of carbonyl (C=O) groups is 1. The second-order valence-corrected chi connectivity index (χ2v) is 6.53. The van der Waals surface area contributed by atoms with Crippen LogP contribution in [0.3, 0.4) is 0 Å². The minimum absolute atomic E-state index is 0. The zero-order chi connectivity index (χ0) is 15.9. The molecule has 1 atom stereocenters. The van der Waals surface area contributed by atoms with Crippen LogP contribution in [0, 0.1) is 0 Å². The lowest BCUT2D eigenvalue weighted by Crippen LogP contribution is -2.42. The van der Waals surface area contributed by atoms with Gasteiger partial charge in [-0.1, -0.05) is 29.6 Å². The second-order valence-electron chi connectivity index (χ2n) is 5.69. The summed E-state index contributed by atoms with van der Waals surface area (Å²) in [4.78, 5) is 14.5. The highest BCUT2D eigenvalue weighted by molar-refractivity contribution is 6.35. The fraction of sp³-hybridized carbons (Fsp3) is 0.562. The van der Waals surface area contributed by atoms with Gasteiger partial charge in [0.1, 0.15) is 0 Å². The first kappa shape index (κ1) is 20.5. The van der Waals surface area contributed by atoms with Gasteiger partial charge < -0.3 is 11.1 Å². The van der Waals surface area contributed by atoms with Gasteiger partial charge in [-0.15, -0.1) is 12.4 Å². The molecule has 1 amide bonds. The third-order valence-electron chi connectivity index (χ3n) is 4.08. The summed E-state index contributed by atoms with van der Waals surface area (Å²) < 4.78 is 0. The van der Waals surface area contributed by atoms with Crippen LogP contribution in [0.4, 0.5) is 5.69 Å². The highest BCUT2D eigenvalue weighted by Gasteiger charge is 2.22. The smallest absolute Gasteiger partial charge is 0.225 e. The van der Waals surface area contributed by atoms with Gasteiger partial charge in [0.2, 0.25) is 5.91 Å². The summed E-state index contributed by atoms with van der Waals surface area (Å²) in [6.45, 7) is 2.51. The van der Waals surface area contributed by atoms with Crippen molar-refractivity contribution >= 4 is 47.2 Å². The van der Waals surface area contributed by atoms with Crippen LogP contribution in [0.5, 0.6) is 0 Å². The molecule has 1 aliphatic rings. The van der Waals surface area contributed by atoms with E-state index >= 15 is 0 Å². The molecule has 0 radical (unpaired) electrons. The highest BCUT2D eigenvalue weighted by Crippen LogP contribution is 2.25. The van der Waals surface area contributed by atoms with E-state index in [1.165, 1.54) is 19.3 Å². The maximum absolute atomic E-state index is 12.1. The summed E-state index contributed by atoms with van der Waals surface area (Å²) in [5.74, 6) is -0.0405. The summed E-state index contributed by atoms with van der Waals surface area (Å²) in [6.07, 6.45) is 5.08. The van der Waals surface area contributed by atoms with Crippen molar-refractivity contribution in [3.63, 3.8) is 0 Å². The fourth-order valence-electron chi connectivity index (χ4n) is 2.92. The number of hydrogen-bond donors (Lipinski definition) is 2. The third-order valence-corrected chi connectivity index (χ3v) is 4.64. The van der Waals surface area contributed by atoms with Crippen LogP contribution >= 0.6 is 35.6 Å². The van der Waals surface area contributed by atoms with Gasteiger partial charge in [0, 0.05) is 24.0 Å². The van der Waals surface area contributed by atoms with E-state index in [-0.39, 0.29) is 18.3 Å². The Morgan fingerprint density at radius 2 is 2.13 bits per heavy atom. The van der Waals surface area contributed by atoms with Crippen molar-refractivity contribution in [2.24, 2.45) is 5.73 Å². The zero-order valence-corrected chi connectivity index (χ0v) is 15.4. The number of anilines is 1. The van der Waals surface area contributed by atoms with Gasteiger partial charge in [-0.3, -0.25) is 9.69 Å². The van der Waals surface area contributed by atoms with E-state index in [1.807, 2.05) is 0 Å². The Balaban J connectivity index is 0.00000264. The number of nitrogens with zero attached hydrogens (tertiary/aromatic N) is 1. The van der Waals surface area contributed by atoms with E-state index < -0.39 is 0 Å². The molecule has 0 bridgehead atoms. The summed E-state index contributed by atoms with van der Waals surface area (Å²) in [7, 11) is 0. The first-order chi connectivity index (χ1) is 10.6. The Morgan fingerprint density at radius 3 is 2.87 bits per heavy atom. The van der Waals surface area contributed by atoms with Gasteiger partial charge in [-0.2, -0.15) is 0 Å². The van der Waals surface area contributed by atoms with E-state index in [2.05, 4.69) is 10.2 Å². The molecule has 0 aliphatic carbocycles. The Hall–Kier alpha value is -0.520. The molecule has 0 saturated carbocycles.